The zero-order valence-corrected chi connectivity index (χ0v) is 8.33. The first-order valence-electron chi connectivity index (χ1n) is 4.28. The molecule has 1 aliphatic rings. The molecule has 0 amide bonds. The van der Waals surface area contributed by atoms with Gasteiger partial charge in [0.05, 0.1) is 11.5 Å². The minimum atomic E-state index is -2.81. The molecule has 1 saturated heterocycles. The van der Waals surface area contributed by atoms with Gasteiger partial charge in [0, 0.05) is 5.69 Å². The van der Waals surface area contributed by atoms with Crippen molar-refractivity contribution in [2.75, 3.05) is 17.2 Å². The van der Waals surface area contributed by atoms with Crippen LogP contribution in [0.4, 0.5) is 5.69 Å². The van der Waals surface area contributed by atoms with E-state index in [4.69, 9.17) is 10.5 Å². The summed E-state index contributed by atoms with van der Waals surface area (Å²) in [6.07, 6.45) is -0.191. The molecule has 0 radical (unpaired) electrons. The summed E-state index contributed by atoms with van der Waals surface area (Å²) in [6.45, 7) is 0. The molecule has 0 bridgehead atoms. The zero-order valence-electron chi connectivity index (χ0n) is 7.51. The molecule has 2 rings (SSSR count). The lowest BCUT2D eigenvalue weighted by molar-refractivity contribution is 0.230. The van der Waals surface area contributed by atoms with Gasteiger partial charge in [-0.15, -0.1) is 0 Å². The third kappa shape index (κ3) is 1.98. The van der Waals surface area contributed by atoms with Crippen LogP contribution in [0.1, 0.15) is 0 Å². The van der Waals surface area contributed by atoms with Crippen LogP contribution in [-0.2, 0) is 9.84 Å². The van der Waals surface area contributed by atoms with Gasteiger partial charge in [-0.1, -0.05) is 0 Å². The molecule has 1 heterocycles. The summed E-state index contributed by atoms with van der Waals surface area (Å²) in [7, 11) is -2.81. The van der Waals surface area contributed by atoms with Crippen LogP contribution in [0.2, 0.25) is 0 Å². The van der Waals surface area contributed by atoms with E-state index in [2.05, 4.69) is 0 Å². The van der Waals surface area contributed by atoms with Gasteiger partial charge >= 0.3 is 0 Å². The number of hydrogen-bond acceptors (Lipinski definition) is 4. The molecule has 0 spiro atoms. The van der Waals surface area contributed by atoms with Gasteiger partial charge in [-0.2, -0.15) is 0 Å². The van der Waals surface area contributed by atoms with E-state index >= 15 is 0 Å². The Labute approximate surface area is 82.6 Å². The van der Waals surface area contributed by atoms with Gasteiger partial charge in [-0.3, -0.25) is 0 Å². The van der Waals surface area contributed by atoms with Gasteiger partial charge in [0.2, 0.25) is 0 Å². The predicted molar refractivity (Wildman–Crippen MR) is 53.9 cm³/mol. The summed E-state index contributed by atoms with van der Waals surface area (Å²) >= 11 is 0. The second-order valence-corrected chi connectivity index (χ2v) is 5.54. The summed E-state index contributed by atoms with van der Waals surface area (Å²) in [5.74, 6) is 0.911. The molecule has 0 aromatic heterocycles. The lowest BCUT2D eigenvalue weighted by Gasteiger charge is -2.26. The first-order chi connectivity index (χ1) is 6.55. The standard InChI is InChI=1S/C9H11NO3S/c10-7-1-3-8(4-2-7)13-9-5-14(11,12)6-9/h1-4,9H,5-6,10H2. The minimum absolute atomic E-state index is 0.122. The van der Waals surface area contributed by atoms with Crippen molar-refractivity contribution >= 4 is 15.5 Å². The second-order valence-electron chi connectivity index (χ2n) is 3.39. The maximum Gasteiger partial charge on any atom is 0.157 e. The average molecular weight is 213 g/mol. The number of nitrogens with two attached hydrogens (primary N) is 1. The van der Waals surface area contributed by atoms with Crippen molar-refractivity contribution < 1.29 is 13.2 Å². The largest absolute Gasteiger partial charge is 0.488 e. The number of rotatable bonds is 2. The average Bonchev–Trinajstić information content (AvgIpc) is 2.06. The van der Waals surface area contributed by atoms with E-state index in [9.17, 15) is 8.42 Å². The molecule has 14 heavy (non-hydrogen) atoms. The van der Waals surface area contributed by atoms with Crippen LogP contribution in [0, 0.1) is 0 Å². The molecule has 5 heteroatoms. The van der Waals surface area contributed by atoms with Crippen molar-refractivity contribution in [3.63, 3.8) is 0 Å². The monoisotopic (exact) mass is 213 g/mol. The highest BCUT2D eigenvalue weighted by Gasteiger charge is 2.35. The van der Waals surface area contributed by atoms with E-state index in [0.717, 1.165) is 0 Å². The first kappa shape index (κ1) is 9.33. The van der Waals surface area contributed by atoms with Gasteiger partial charge in [0.25, 0.3) is 0 Å². The Kier molecular flexibility index (Phi) is 2.11. The fraction of sp³-hybridized carbons (Fsp3) is 0.333. The number of sulfone groups is 1. The number of benzene rings is 1. The maximum atomic E-state index is 10.8. The van der Waals surface area contributed by atoms with Crippen LogP contribution in [0.15, 0.2) is 24.3 Å². The molecule has 0 saturated carbocycles. The van der Waals surface area contributed by atoms with Gasteiger partial charge in [-0.05, 0) is 24.3 Å². The number of hydrogen-bond donors (Lipinski definition) is 1. The zero-order chi connectivity index (χ0) is 10.2. The van der Waals surface area contributed by atoms with Gasteiger partial charge in [-0.25, -0.2) is 8.42 Å². The normalized spacial score (nSPS) is 20.0. The SMILES string of the molecule is Nc1ccc(OC2CS(=O)(=O)C2)cc1. The Balaban J connectivity index is 1.97. The van der Waals surface area contributed by atoms with E-state index in [1.165, 1.54) is 0 Å². The predicted octanol–water partition coefficient (Wildman–Crippen LogP) is 0.445. The fourth-order valence-electron chi connectivity index (χ4n) is 1.32. The minimum Gasteiger partial charge on any atom is -0.488 e. The van der Waals surface area contributed by atoms with Crippen molar-refractivity contribution in [3.05, 3.63) is 24.3 Å². The molecule has 0 aliphatic carbocycles. The Morgan fingerprint density at radius 2 is 1.79 bits per heavy atom. The number of ether oxygens (including phenoxy) is 1. The van der Waals surface area contributed by atoms with Gasteiger partial charge in [0.1, 0.15) is 11.9 Å². The molecule has 1 aromatic rings. The molecule has 1 fully saturated rings. The third-order valence-corrected chi connectivity index (χ3v) is 3.82. The Morgan fingerprint density at radius 3 is 2.29 bits per heavy atom. The lowest BCUT2D eigenvalue weighted by atomic mass is 10.3. The quantitative estimate of drug-likeness (QED) is 0.724. The Bertz CT molecular complexity index is 412. The molecule has 2 N–H and O–H groups in total. The molecule has 0 unspecified atom stereocenters. The molecular formula is C9H11NO3S. The van der Waals surface area contributed by atoms with Crippen LogP contribution in [0.3, 0.4) is 0 Å². The first-order valence-corrected chi connectivity index (χ1v) is 6.10. The van der Waals surface area contributed by atoms with Crippen molar-refractivity contribution in [2.45, 2.75) is 6.10 Å². The van der Waals surface area contributed by atoms with Gasteiger partial charge < -0.3 is 10.5 Å². The number of anilines is 1. The highest BCUT2D eigenvalue weighted by atomic mass is 32.2. The molecule has 1 aromatic carbocycles. The summed E-state index contributed by atoms with van der Waals surface area (Å²) in [5, 5.41) is 0. The van der Waals surface area contributed by atoms with E-state index < -0.39 is 9.84 Å². The van der Waals surface area contributed by atoms with Crippen LogP contribution in [0.5, 0.6) is 5.75 Å². The third-order valence-electron chi connectivity index (χ3n) is 2.06. The smallest absolute Gasteiger partial charge is 0.157 e. The second kappa shape index (κ2) is 3.16. The lowest BCUT2D eigenvalue weighted by Crippen LogP contribution is -2.45. The van der Waals surface area contributed by atoms with Crippen molar-refractivity contribution in [1.29, 1.82) is 0 Å². The van der Waals surface area contributed by atoms with Crippen molar-refractivity contribution in [3.8, 4) is 5.75 Å². The molecule has 4 nitrogen and oxygen atoms in total. The Morgan fingerprint density at radius 1 is 1.21 bits per heavy atom. The summed E-state index contributed by atoms with van der Waals surface area (Å²) in [6, 6.07) is 6.92. The van der Waals surface area contributed by atoms with Crippen molar-refractivity contribution in [2.24, 2.45) is 0 Å². The van der Waals surface area contributed by atoms with E-state index in [-0.39, 0.29) is 17.6 Å². The van der Waals surface area contributed by atoms with E-state index in [1.54, 1.807) is 24.3 Å². The van der Waals surface area contributed by atoms with Crippen LogP contribution < -0.4 is 10.5 Å². The maximum absolute atomic E-state index is 10.8. The number of nitrogen functional groups attached to an aromatic ring is 1. The van der Waals surface area contributed by atoms with Crippen LogP contribution in [-0.4, -0.2) is 26.0 Å². The topological polar surface area (TPSA) is 69.4 Å². The summed E-state index contributed by atoms with van der Waals surface area (Å²) < 4.78 is 27.1. The van der Waals surface area contributed by atoms with Crippen LogP contribution >= 0.6 is 0 Å². The summed E-state index contributed by atoms with van der Waals surface area (Å²) in [4.78, 5) is 0. The molecule has 0 atom stereocenters. The highest BCUT2D eigenvalue weighted by Crippen LogP contribution is 2.20. The van der Waals surface area contributed by atoms with E-state index in [0.29, 0.717) is 11.4 Å². The molecular weight excluding hydrogens is 202 g/mol. The van der Waals surface area contributed by atoms with E-state index in [1.807, 2.05) is 0 Å². The Hall–Kier alpha value is -1.23. The van der Waals surface area contributed by atoms with Crippen LogP contribution in [0.25, 0.3) is 0 Å². The summed E-state index contributed by atoms with van der Waals surface area (Å²) in [5.41, 5.74) is 6.16. The molecule has 76 valence electrons. The highest BCUT2D eigenvalue weighted by molar-refractivity contribution is 7.92. The fourth-order valence-corrected chi connectivity index (χ4v) is 2.50. The van der Waals surface area contributed by atoms with Crippen molar-refractivity contribution in [1.82, 2.24) is 0 Å². The molecule has 1 aliphatic heterocycles. The van der Waals surface area contributed by atoms with Gasteiger partial charge in [0.15, 0.2) is 9.84 Å².